The monoisotopic (exact) mass is 594 g/mol. The first-order valence-electron chi connectivity index (χ1n) is 14.5. The van der Waals surface area contributed by atoms with Gasteiger partial charge in [-0.25, -0.2) is 9.50 Å². The van der Waals surface area contributed by atoms with E-state index in [9.17, 15) is 10.2 Å². The molecular weight excluding hydrogens is 545 g/mol. The third kappa shape index (κ3) is 7.15. The highest BCUT2D eigenvalue weighted by atomic mass is 28.3. The summed E-state index contributed by atoms with van der Waals surface area (Å²) in [7, 11) is -2.43. The molecule has 226 valence electrons. The van der Waals surface area contributed by atoms with E-state index in [4.69, 9.17) is 18.9 Å². The van der Waals surface area contributed by atoms with Crippen molar-refractivity contribution >= 4 is 27.5 Å². The van der Waals surface area contributed by atoms with Crippen LogP contribution in [0.25, 0.3) is 5.52 Å². The Morgan fingerprint density at radius 3 is 2.12 bits per heavy atom. The first-order chi connectivity index (χ1) is 18.7. The van der Waals surface area contributed by atoms with Crippen LogP contribution in [0.5, 0.6) is 0 Å². The van der Waals surface area contributed by atoms with E-state index in [-0.39, 0.29) is 25.2 Å². The predicted molar refractivity (Wildman–Crippen MR) is 161 cm³/mol. The summed E-state index contributed by atoms with van der Waals surface area (Å²) >= 11 is 0. The van der Waals surface area contributed by atoms with Gasteiger partial charge in [0, 0.05) is 46.4 Å². The van der Waals surface area contributed by atoms with Gasteiger partial charge in [-0.3, -0.25) is 0 Å². The average Bonchev–Trinajstić information content (AvgIpc) is 3.51. The molecule has 0 unspecified atom stereocenters. The van der Waals surface area contributed by atoms with Gasteiger partial charge in [0.05, 0.1) is 25.4 Å². The molecule has 2 fully saturated rings. The van der Waals surface area contributed by atoms with Crippen LogP contribution in [0.3, 0.4) is 0 Å². The molecule has 3 atom stereocenters. The van der Waals surface area contributed by atoms with Crippen molar-refractivity contribution in [2.75, 3.05) is 44.8 Å². The summed E-state index contributed by atoms with van der Waals surface area (Å²) in [6.45, 7) is 19.6. The van der Waals surface area contributed by atoms with Crippen LogP contribution in [0.15, 0.2) is 18.5 Å². The van der Waals surface area contributed by atoms with Crippen molar-refractivity contribution in [2.24, 2.45) is 5.41 Å². The van der Waals surface area contributed by atoms with Crippen LogP contribution in [0, 0.1) is 5.41 Å². The summed E-state index contributed by atoms with van der Waals surface area (Å²) in [6, 6.07) is 6.25. The zero-order chi connectivity index (χ0) is 29.3. The molecule has 1 saturated carbocycles. The number of anilines is 1. The highest BCUT2D eigenvalue weighted by molar-refractivity contribution is 6.76. The molecule has 0 bridgehead atoms. The van der Waals surface area contributed by atoms with Crippen molar-refractivity contribution < 1.29 is 29.2 Å². The highest BCUT2D eigenvalue weighted by Crippen LogP contribution is 2.54. The standard InChI is InChI=1S/C28H50N4O6Si2/c1-27(2)37-24-21(15-28(16-33,17-34)25(24)38-27)22-9-10-23-26(29-18-30-32(22)23)31(19-35-11-13-39(3,4)5)20-36-12-14-40(6,7)8/h9-10,18,21,24-25,33-34H,11-17,19-20H2,1-8H3/t21-,24-,25-/m0/s1. The van der Waals surface area contributed by atoms with Crippen molar-refractivity contribution in [3.05, 3.63) is 24.2 Å². The Balaban J connectivity index is 1.60. The molecular formula is C28H50N4O6Si2. The average molecular weight is 595 g/mol. The molecule has 4 rings (SSSR count). The van der Waals surface area contributed by atoms with Gasteiger partial charge in [0.25, 0.3) is 0 Å². The van der Waals surface area contributed by atoms with Crippen LogP contribution >= 0.6 is 0 Å². The quantitative estimate of drug-likeness (QED) is 0.189. The molecule has 12 heteroatoms. The third-order valence-corrected chi connectivity index (χ3v) is 11.4. The number of aromatic nitrogens is 3. The smallest absolute Gasteiger partial charge is 0.163 e. The summed E-state index contributed by atoms with van der Waals surface area (Å²) in [4.78, 5) is 6.71. The second-order valence-corrected chi connectivity index (χ2v) is 25.6. The van der Waals surface area contributed by atoms with Gasteiger partial charge in [0.15, 0.2) is 11.6 Å². The van der Waals surface area contributed by atoms with Crippen molar-refractivity contribution in [1.29, 1.82) is 0 Å². The van der Waals surface area contributed by atoms with Gasteiger partial charge in [0.2, 0.25) is 0 Å². The van der Waals surface area contributed by atoms with E-state index in [2.05, 4.69) is 49.4 Å². The van der Waals surface area contributed by atoms with Crippen LogP contribution in [0.2, 0.25) is 51.4 Å². The molecule has 0 amide bonds. The summed E-state index contributed by atoms with van der Waals surface area (Å²) in [5, 5.41) is 25.3. The summed E-state index contributed by atoms with van der Waals surface area (Å²) in [6.07, 6.45) is 1.37. The van der Waals surface area contributed by atoms with Gasteiger partial charge in [-0.05, 0) is 44.5 Å². The Kier molecular flexibility index (Phi) is 9.53. The maximum Gasteiger partial charge on any atom is 0.163 e. The first kappa shape index (κ1) is 31.5. The molecule has 0 radical (unpaired) electrons. The van der Waals surface area contributed by atoms with E-state index in [1.54, 1.807) is 6.33 Å². The van der Waals surface area contributed by atoms with Crippen molar-refractivity contribution in [1.82, 2.24) is 14.6 Å². The zero-order valence-corrected chi connectivity index (χ0v) is 27.6. The number of aliphatic hydroxyl groups is 2. The fourth-order valence-corrected chi connectivity index (χ4v) is 7.10. The van der Waals surface area contributed by atoms with Gasteiger partial charge in [0.1, 0.15) is 25.3 Å². The van der Waals surface area contributed by atoms with Crippen LogP contribution in [-0.4, -0.2) is 98.8 Å². The Morgan fingerprint density at radius 2 is 1.57 bits per heavy atom. The maximum absolute atomic E-state index is 10.3. The maximum atomic E-state index is 10.3. The van der Waals surface area contributed by atoms with Gasteiger partial charge in [-0.15, -0.1) is 0 Å². The molecule has 40 heavy (non-hydrogen) atoms. The van der Waals surface area contributed by atoms with Crippen LogP contribution in [0.1, 0.15) is 31.9 Å². The SMILES string of the molecule is CC1(C)O[C@H]2[C@H](c3ccc4c(N(COCC[Si](C)(C)C)COCC[Si](C)(C)C)ncnn34)CC(CO)(CO)[C@H]2O1. The Morgan fingerprint density at radius 1 is 0.975 bits per heavy atom. The molecule has 0 aromatic carbocycles. The topological polar surface area (TPSA) is 111 Å². The van der Waals surface area contributed by atoms with E-state index in [1.807, 2.05) is 35.4 Å². The number of fused-ring (bicyclic) bond motifs is 2. The van der Waals surface area contributed by atoms with E-state index in [0.717, 1.165) is 29.1 Å². The molecule has 10 nitrogen and oxygen atoms in total. The van der Waals surface area contributed by atoms with E-state index in [1.165, 1.54) is 0 Å². The minimum atomic E-state index is -1.21. The number of ether oxygens (including phenoxy) is 4. The number of nitrogens with zero attached hydrogens (tertiary/aromatic N) is 4. The predicted octanol–water partition coefficient (Wildman–Crippen LogP) is 4.14. The van der Waals surface area contributed by atoms with Crippen molar-refractivity contribution in [3.8, 4) is 0 Å². The fraction of sp³-hybridized carbons (Fsp3) is 0.786. The Hall–Kier alpha value is -1.39. The Labute approximate surface area is 241 Å². The molecule has 1 saturated heterocycles. The van der Waals surface area contributed by atoms with E-state index >= 15 is 0 Å². The number of hydrogen-bond donors (Lipinski definition) is 2. The van der Waals surface area contributed by atoms with Crippen LogP contribution < -0.4 is 4.90 Å². The van der Waals surface area contributed by atoms with Gasteiger partial charge >= 0.3 is 0 Å². The van der Waals surface area contributed by atoms with Gasteiger partial charge in [-0.2, -0.15) is 5.10 Å². The molecule has 2 N–H and O–H groups in total. The zero-order valence-electron chi connectivity index (χ0n) is 25.6. The molecule has 3 heterocycles. The minimum absolute atomic E-state index is 0.120. The van der Waals surface area contributed by atoms with Crippen molar-refractivity contribution in [3.63, 3.8) is 0 Å². The number of rotatable bonds is 14. The second kappa shape index (κ2) is 12.1. The normalized spacial score (nSPS) is 24.1. The lowest BCUT2D eigenvalue weighted by molar-refractivity contribution is -0.174. The molecule has 1 aliphatic carbocycles. The van der Waals surface area contributed by atoms with E-state index in [0.29, 0.717) is 33.1 Å². The lowest BCUT2D eigenvalue weighted by atomic mass is 9.84. The lowest BCUT2D eigenvalue weighted by Gasteiger charge is -2.31. The summed E-state index contributed by atoms with van der Waals surface area (Å²) < 4.78 is 26.7. The highest BCUT2D eigenvalue weighted by Gasteiger charge is 2.61. The Bertz CT molecular complexity index is 1110. The number of aliphatic hydroxyl groups excluding tert-OH is 2. The second-order valence-electron chi connectivity index (χ2n) is 14.4. The molecule has 2 aliphatic rings. The first-order valence-corrected chi connectivity index (χ1v) is 21.9. The van der Waals surface area contributed by atoms with E-state index < -0.39 is 33.5 Å². The third-order valence-electron chi connectivity index (χ3n) is 8.01. The molecule has 2 aromatic heterocycles. The van der Waals surface area contributed by atoms with Gasteiger partial charge in [-0.1, -0.05) is 39.3 Å². The lowest BCUT2D eigenvalue weighted by Crippen LogP contribution is -2.41. The minimum Gasteiger partial charge on any atom is -0.396 e. The summed E-state index contributed by atoms with van der Waals surface area (Å²) in [5.41, 5.74) is 1.00. The van der Waals surface area contributed by atoms with Crippen molar-refractivity contribution in [2.45, 2.75) is 95.6 Å². The summed E-state index contributed by atoms with van der Waals surface area (Å²) in [5.74, 6) is -0.171. The van der Waals surface area contributed by atoms with Gasteiger partial charge < -0.3 is 34.1 Å². The number of hydrogen-bond acceptors (Lipinski definition) is 9. The largest absolute Gasteiger partial charge is 0.396 e. The molecule has 2 aromatic rings. The fourth-order valence-electron chi connectivity index (χ4n) is 5.59. The molecule has 0 spiro atoms. The van der Waals surface area contributed by atoms with Crippen LogP contribution in [0.4, 0.5) is 5.82 Å². The molecule has 1 aliphatic heterocycles. The van der Waals surface area contributed by atoms with Crippen LogP contribution in [-0.2, 0) is 18.9 Å².